The topological polar surface area (TPSA) is 69.6 Å². The van der Waals surface area contributed by atoms with Crippen LogP contribution in [0.1, 0.15) is 12.5 Å². The number of aromatic nitrogens is 2. The zero-order valence-electron chi connectivity index (χ0n) is 12.0. The highest BCUT2D eigenvalue weighted by Crippen LogP contribution is 2.23. The largest absolute Gasteiger partial charge is 0.478 e. The zero-order chi connectivity index (χ0) is 14.7. The van der Waals surface area contributed by atoms with Crippen molar-refractivity contribution in [3.63, 3.8) is 0 Å². The Hall–Kier alpha value is -1.95. The molecular formula is C14H20N4O2. The van der Waals surface area contributed by atoms with Crippen LogP contribution < -0.4 is 4.90 Å². The molecule has 1 N–H and O–H groups in total. The van der Waals surface area contributed by atoms with Crippen molar-refractivity contribution in [1.82, 2.24) is 14.9 Å². The molecular weight excluding hydrogens is 256 g/mol. The average molecular weight is 276 g/mol. The molecule has 0 amide bonds. The van der Waals surface area contributed by atoms with Gasteiger partial charge in [-0.25, -0.2) is 14.8 Å². The molecule has 2 heterocycles. The van der Waals surface area contributed by atoms with Gasteiger partial charge in [0.15, 0.2) is 0 Å². The predicted molar refractivity (Wildman–Crippen MR) is 77.6 cm³/mol. The third-order valence-electron chi connectivity index (χ3n) is 3.60. The van der Waals surface area contributed by atoms with E-state index in [0.29, 0.717) is 23.5 Å². The van der Waals surface area contributed by atoms with Crippen LogP contribution in [0.3, 0.4) is 0 Å². The fourth-order valence-corrected chi connectivity index (χ4v) is 2.53. The molecule has 20 heavy (non-hydrogen) atoms. The number of anilines is 1. The van der Waals surface area contributed by atoms with Crippen molar-refractivity contribution < 1.29 is 9.90 Å². The van der Waals surface area contributed by atoms with E-state index in [4.69, 9.17) is 5.11 Å². The lowest BCUT2D eigenvalue weighted by atomic mass is 10.1. The smallest absolute Gasteiger partial charge is 0.328 e. The minimum atomic E-state index is -0.976. The van der Waals surface area contributed by atoms with Gasteiger partial charge in [0, 0.05) is 43.2 Å². The molecule has 1 saturated heterocycles. The monoisotopic (exact) mass is 276 g/mol. The number of carboxylic acid groups (broad SMARTS) is 1. The molecule has 0 radical (unpaired) electrons. The molecule has 6 nitrogen and oxygen atoms in total. The van der Waals surface area contributed by atoms with Gasteiger partial charge >= 0.3 is 5.97 Å². The van der Waals surface area contributed by atoms with Gasteiger partial charge in [-0.2, -0.15) is 0 Å². The Morgan fingerprint density at radius 3 is 2.55 bits per heavy atom. The van der Waals surface area contributed by atoms with E-state index in [1.165, 1.54) is 6.08 Å². The van der Waals surface area contributed by atoms with Crippen molar-refractivity contribution in [2.24, 2.45) is 5.92 Å². The molecule has 0 saturated carbocycles. The van der Waals surface area contributed by atoms with Gasteiger partial charge in [0.25, 0.3) is 0 Å². The molecule has 1 aromatic heterocycles. The Morgan fingerprint density at radius 1 is 1.40 bits per heavy atom. The lowest BCUT2D eigenvalue weighted by molar-refractivity contribution is -0.131. The molecule has 0 bridgehead atoms. The van der Waals surface area contributed by atoms with Crippen LogP contribution in [0.4, 0.5) is 5.95 Å². The van der Waals surface area contributed by atoms with Crippen molar-refractivity contribution in [2.75, 3.05) is 32.1 Å². The molecule has 6 heteroatoms. The number of hydrogen-bond donors (Lipinski definition) is 1. The molecule has 2 rings (SSSR count). The van der Waals surface area contributed by atoms with E-state index in [1.54, 1.807) is 12.4 Å². The molecule has 2 unspecified atom stereocenters. The van der Waals surface area contributed by atoms with Crippen molar-refractivity contribution in [1.29, 1.82) is 0 Å². The standard InChI is InChI=1S/C14H20N4O2/c1-10-8-18(9-12(10)17(2)3)14-15-6-11(7-16-14)4-5-13(19)20/h4-7,10,12H,8-9H2,1-3H3,(H,19,20)/b5-4+. The van der Waals surface area contributed by atoms with E-state index in [2.05, 4.69) is 40.8 Å². The minimum absolute atomic E-state index is 0.505. The van der Waals surface area contributed by atoms with Crippen LogP contribution >= 0.6 is 0 Å². The summed E-state index contributed by atoms with van der Waals surface area (Å²) in [5.41, 5.74) is 0.688. The van der Waals surface area contributed by atoms with Crippen LogP contribution in [0.25, 0.3) is 6.08 Å². The number of nitrogens with zero attached hydrogens (tertiary/aromatic N) is 4. The summed E-state index contributed by atoms with van der Waals surface area (Å²) in [6, 6.07) is 0.505. The Balaban J connectivity index is 2.06. The lowest BCUT2D eigenvalue weighted by Crippen LogP contribution is -2.34. The maximum absolute atomic E-state index is 10.4. The lowest BCUT2D eigenvalue weighted by Gasteiger charge is -2.22. The predicted octanol–water partition coefficient (Wildman–Crippen LogP) is 0.961. The van der Waals surface area contributed by atoms with E-state index in [9.17, 15) is 4.79 Å². The van der Waals surface area contributed by atoms with Gasteiger partial charge in [0.2, 0.25) is 5.95 Å². The van der Waals surface area contributed by atoms with E-state index < -0.39 is 5.97 Å². The number of rotatable bonds is 4. The van der Waals surface area contributed by atoms with Crippen LogP contribution in [-0.2, 0) is 4.79 Å². The second kappa shape index (κ2) is 6.00. The molecule has 2 atom stereocenters. The summed E-state index contributed by atoms with van der Waals surface area (Å²) in [4.78, 5) is 23.5. The summed E-state index contributed by atoms with van der Waals surface area (Å²) in [5, 5.41) is 8.57. The first kappa shape index (κ1) is 14.5. The molecule has 0 aliphatic carbocycles. The zero-order valence-corrected chi connectivity index (χ0v) is 12.0. The third-order valence-corrected chi connectivity index (χ3v) is 3.60. The maximum Gasteiger partial charge on any atom is 0.328 e. The third kappa shape index (κ3) is 3.33. The summed E-state index contributed by atoms with van der Waals surface area (Å²) in [5.74, 6) is 0.296. The first-order chi connectivity index (χ1) is 9.47. The number of carboxylic acids is 1. The second-order valence-electron chi connectivity index (χ2n) is 5.40. The van der Waals surface area contributed by atoms with Crippen LogP contribution in [-0.4, -0.2) is 59.2 Å². The highest BCUT2D eigenvalue weighted by molar-refractivity contribution is 5.85. The van der Waals surface area contributed by atoms with Crippen molar-refractivity contribution >= 4 is 18.0 Å². The SMILES string of the molecule is CC1CN(c2ncc(/C=C/C(=O)O)cn2)CC1N(C)C. The highest BCUT2D eigenvalue weighted by Gasteiger charge is 2.32. The van der Waals surface area contributed by atoms with Crippen molar-refractivity contribution in [3.05, 3.63) is 24.0 Å². The van der Waals surface area contributed by atoms with Gasteiger partial charge < -0.3 is 14.9 Å². The Labute approximate surface area is 118 Å². The summed E-state index contributed by atoms with van der Waals surface area (Å²) < 4.78 is 0. The molecule has 0 aromatic carbocycles. The molecule has 1 fully saturated rings. The van der Waals surface area contributed by atoms with E-state index >= 15 is 0 Å². The quantitative estimate of drug-likeness (QED) is 0.826. The first-order valence-corrected chi connectivity index (χ1v) is 6.62. The summed E-state index contributed by atoms with van der Waals surface area (Å²) >= 11 is 0. The molecule has 108 valence electrons. The number of likely N-dealkylation sites (N-methyl/N-ethyl adjacent to an activating group) is 1. The van der Waals surface area contributed by atoms with E-state index in [1.807, 2.05) is 0 Å². The van der Waals surface area contributed by atoms with Gasteiger partial charge in [-0.05, 0) is 26.1 Å². The fraction of sp³-hybridized carbons (Fsp3) is 0.500. The highest BCUT2D eigenvalue weighted by atomic mass is 16.4. The number of aliphatic carboxylic acids is 1. The molecule has 1 aliphatic rings. The van der Waals surface area contributed by atoms with E-state index in [0.717, 1.165) is 19.2 Å². The summed E-state index contributed by atoms with van der Waals surface area (Å²) in [6.07, 6.45) is 5.87. The van der Waals surface area contributed by atoms with Gasteiger partial charge in [-0.1, -0.05) is 6.92 Å². The van der Waals surface area contributed by atoms with Crippen LogP contribution in [0.5, 0.6) is 0 Å². The van der Waals surface area contributed by atoms with Crippen molar-refractivity contribution in [3.8, 4) is 0 Å². The number of hydrogen-bond acceptors (Lipinski definition) is 5. The molecule has 1 aliphatic heterocycles. The molecule has 0 spiro atoms. The van der Waals surface area contributed by atoms with Gasteiger partial charge in [0.1, 0.15) is 0 Å². The second-order valence-corrected chi connectivity index (χ2v) is 5.40. The van der Waals surface area contributed by atoms with Crippen LogP contribution in [0, 0.1) is 5.92 Å². The normalized spacial score (nSPS) is 22.9. The average Bonchev–Trinajstić information content (AvgIpc) is 2.79. The summed E-state index contributed by atoms with van der Waals surface area (Å²) in [7, 11) is 4.18. The first-order valence-electron chi connectivity index (χ1n) is 6.62. The fourth-order valence-electron chi connectivity index (χ4n) is 2.53. The number of carbonyl (C=O) groups is 1. The maximum atomic E-state index is 10.4. The Morgan fingerprint density at radius 2 is 2.05 bits per heavy atom. The van der Waals surface area contributed by atoms with Crippen LogP contribution in [0.2, 0.25) is 0 Å². The summed E-state index contributed by atoms with van der Waals surface area (Å²) in [6.45, 7) is 4.08. The van der Waals surface area contributed by atoms with Crippen molar-refractivity contribution in [2.45, 2.75) is 13.0 Å². The van der Waals surface area contributed by atoms with Gasteiger partial charge in [-0.3, -0.25) is 0 Å². The minimum Gasteiger partial charge on any atom is -0.478 e. The van der Waals surface area contributed by atoms with Crippen LogP contribution in [0.15, 0.2) is 18.5 Å². The van der Waals surface area contributed by atoms with Gasteiger partial charge in [-0.15, -0.1) is 0 Å². The van der Waals surface area contributed by atoms with Gasteiger partial charge in [0.05, 0.1) is 0 Å². The Kier molecular flexibility index (Phi) is 4.34. The molecule has 1 aromatic rings. The van der Waals surface area contributed by atoms with E-state index in [-0.39, 0.29) is 0 Å². The Bertz CT molecular complexity index is 498.